The predicted octanol–water partition coefficient (Wildman–Crippen LogP) is 4.03. The number of amides is 1. The van der Waals surface area contributed by atoms with Crippen molar-refractivity contribution in [2.45, 2.75) is 58.6 Å². The summed E-state index contributed by atoms with van der Waals surface area (Å²) in [6, 6.07) is 7.91. The van der Waals surface area contributed by atoms with E-state index in [0.29, 0.717) is 12.5 Å². The van der Waals surface area contributed by atoms with Crippen molar-refractivity contribution in [2.24, 2.45) is 5.92 Å². The lowest BCUT2D eigenvalue weighted by atomic mass is 10.1. The number of methoxy groups -OCH3 is 1. The summed E-state index contributed by atoms with van der Waals surface area (Å²) in [5.41, 5.74) is 0.918. The first-order valence-corrected chi connectivity index (χ1v) is 8.67. The summed E-state index contributed by atoms with van der Waals surface area (Å²) in [4.78, 5) is 14.8. The molecule has 2 unspecified atom stereocenters. The van der Waals surface area contributed by atoms with Crippen LogP contribution in [-0.2, 0) is 9.53 Å². The first kappa shape index (κ1) is 17.8. The van der Waals surface area contributed by atoms with Gasteiger partial charge in [-0.25, -0.2) is 0 Å². The summed E-state index contributed by atoms with van der Waals surface area (Å²) in [5, 5.41) is 0. The van der Waals surface area contributed by atoms with E-state index in [1.807, 2.05) is 36.1 Å². The van der Waals surface area contributed by atoms with Crippen LogP contribution in [0.15, 0.2) is 24.3 Å². The number of ether oxygens (including phenoxy) is 2. The Kier molecular flexibility index (Phi) is 6.46. The predicted molar refractivity (Wildman–Crippen MR) is 93.0 cm³/mol. The third-order valence-electron chi connectivity index (χ3n) is 4.51. The minimum Gasteiger partial charge on any atom is -0.497 e. The van der Waals surface area contributed by atoms with Crippen molar-refractivity contribution in [3.05, 3.63) is 24.3 Å². The van der Waals surface area contributed by atoms with Gasteiger partial charge in [-0.05, 0) is 63.3 Å². The Hall–Kier alpha value is -1.55. The number of hydrogen-bond acceptors (Lipinski definition) is 3. The van der Waals surface area contributed by atoms with Gasteiger partial charge in [0.15, 0.2) is 0 Å². The molecular formula is C19H29NO3. The molecule has 1 fully saturated rings. The molecule has 0 N–H and O–H groups in total. The minimum atomic E-state index is -0.412. The highest BCUT2D eigenvalue weighted by molar-refractivity contribution is 5.97. The maximum absolute atomic E-state index is 12.9. The summed E-state index contributed by atoms with van der Waals surface area (Å²) in [6.07, 6.45) is 4.04. The number of anilines is 1. The third-order valence-corrected chi connectivity index (χ3v) is 4.51. The molecule has 4 heteroatoms. The molecule has 0 radical (unpaired) electrons. The van der Waals surface area contributed by atoms with Crippen LogP contribution in [0.2, 0.25) is 0 Å². The summed E-state index contributed by atoms with van der Waals surface area (Å²) in [5.74, 6) is 1.45. The highest BCUT2D eigenvalue weighted by Gasteiger charge is 2.36. The van der Waals surface area contributed by atoms with Crippen LogP contribution in [0.25, 0.3) is 0 Å². The fourth-order valence-electron chi connectivity index (χ4n) is 2.77. The number of benzene rings is 1. The monoisotopic (exact) mass is 319 g/mol. The quantitative estimate of drug-likeness (QED) is 0.645. The van der Waals surface area contributed by atoms with E-state index in [1.165, 1.54) is 12.8 Å². The molecule has 2 atom stereocenters. The van der Waals surface area contributed by atoms with E-state index in [-0.39, 0.29) is 11.9 Å². The molecule has 0 heterocycles. The van der Waals surface area contributed by atoms with E-state index in [2.05, 4.69) is 13.8 Å². The van der Waals surface area contributed by atoms with E-state index in [0.717, 1.165) is 24.3 Å². The Balaban J connectivity index is 2.13. The molecule has 0 spiro atoms. The van der Waals surface area contributed by atoms with E-state index in [9.17, 15) is 4.79 Å². The van der Waals surface area contributed by atoms with Gasteiger partial charge in [0.1, 0.15) is 11.9 Å². The summed E-state index contributed by atoms with van der Waals surface area (Å²) < 4.78 is 10.9. The Morgan fingerprint density at radius 3 is 2.43 bits per heavy atom. The zero-order chi connectivity index (χ0) is 16.8. The first-order chi connectivity index (χ1) is 11.1. The normalized spacial score (nSPS) is 16.7. The smallest absolute Gasteiger partial charge is 0.256 e. The van der Waals surface area contributed by atoms with Crippen LogP contribution in [-0.4, -0.2) is 31.8 Å². The topological polar surface area (TPSA) is 38.8 Å². The Morgan fingerprint density at radius 1 is 1.26 bits per heavy atom. The molecule has 128 valence electrons. The summed E-state index contributed by atoms with van der Waals surface area (Å²) in [7, 11) is 1.65. The molecule has 1 amide bonds. The molecule has 0 saturated heterocycles. The van der Waals surface area contributed by atoms with Crippen molar-refractivity contribution in [2.75, 3.05) is 18.6 Å². The maximum Gasteiger partial charge on any atom is 0.256 e. The standard InChI is InChI=1S/C19H29NO3/c1-5-6-13-23-15(3)19(21)20(14(2)16-7-8-16)17-9-11-18(22-4)12-10-17/h9-12,14-16H,5-8,13H2,1-4H3. The van der Waals surface area contributed by atoms with Gasteiger partial charge in [0.2, 0.25) is 0 Å². The molecule has 23 heavy (non-hydrogen) atoms. The van der Waals surface area contributed by atoms with Crippen molar-refractivity contribution in [1.29, 1.82) is 0 Å². The first-order valence-electron chi connectivity index (χ1n) is 8.67. The third kappa shape index (κ3) is 4.71. The van der Waals surface area contributed by atoms with Crippen molar-refractivity contribution in [1.82, 2.24) is 0 Å². The van der Waals surface area contributed by atoms with E-state index in [4.69, 9.17) is 9.47 Å². The Morgan fingerprint density at radius 2 is 1.91 bits per heavy atom. The zero-order valence-corrected chi connectivity index (χ0v) is 14.7. The number of carbonyl (C=O) groups is 1. The molecule has 0 aliphatic heterocycles. The van der Waals surface area contributed by atoms with Crippen LogP contribution in [0.5, 0.6) is 5.75 Å². The summed E-state index contributed by atoms with van der Waals surface area (Å²) in [6.45, 7) is 6.75. The molecule has 2 rings (SSSR count). The SMILES string of the molecule is CCCCOC(C)C(=O)N(c1ccc(OC)cc1)C(C)C1CC1. The summed E-state index contributed by atoms with van der Waals surface area (Å²) >= 11 is 0. The largest absolute Gasteiger partial charge is 0.497 e. The van der Waals surface area contributed by atoms with Crippen LogP contribution in [0, 0.1) is 5.92 Å². The highest BCUT2D eigenvalue weighted by Crippen LogP contribution is 2.37. The number of nitrogens with zero attached hydrogens (tertiary/aromatic N) is 1. The van der Waals surface area contributed by atoms with Crippen LogP contribution in [0.4, 0.5) is 5.69 Å². The second-order valence-corrected chi connectivity index (χ2v) is 6.35. The number of rotatable bonds is 9. The van der Waals surface area contributed by atoms with Crippen LogP contribution in [0.1, 0.15) is 46.5 Å². The van der Waals surface area contributed by atoms with Crippen molar-refractivity contribution >= 4 is 11.6 Å². The van der Waals surface area contributed by atoms with Gasteiger partial charge in [0.05, 0.1) is 7.11 Å². The van der Waals surface area contributed by atoms with E-state index >= 15 is 0 Å². The number of carbonyl (C=O) groups excluding carboxylic acids is 1. The molecule has 0 bridgehead atoms. The minimum absolute atomic E-state index is 0.0469. The second kappa shape index (κ2) is 8.34. The van der Waals surface area contributed by atoms with Crippen molar-refractivity contribution in [3.63, 3.8) is 0 Å². The average molecular weight is 319 g/mol. The van der Waals surface area contributed by atoms with Gasteiger partial charge in [-0.15, -0.1) is 0 Å². The lowest BCUT2D eigenvalue weighted by Crippen LogP contribution is -2.45. The number of hydrogen-bond donors (Lipinski definition) is 0. The molecule has 1 saturated carbocycles. The van der Waals surface area contributed by atoms with Crippen molar-refractivity contribution < 1.29 is 14.3 Å². The molecule has 1 aromatic carbocycles. The molecular weight excluding hydrogens is 290 g/mol. The van der Waals surface area contributed by atoms with Gasteiger partial charge in [-0.2, -0.15) is 0 Å². The fourth-order valence-corrected chi connectivity index (χ4v) is 2.77. The van der Waals surface area contributed by atoms with Crippen LogP contribution >= 0.6 is 0 Å². The van der Waals surface area contributed by atoms with Gasteiger partial charge in [0, 0.05) is 18.3 Å². The van der Waals surface area contributed by atoms with E-state index in [1.54, 1.807) is 7.11 Å². The lowest BCUT2D eigenvalue weighted by molar-refractivity contribution is -0.129. The van der Waals surface area contributed by atoms with Gasteiger partial charge in [-0.3, -0.25) is 4.79 Å². The Labute approximate surface area is 139 Å². The van der Waals surface area contributed by atoms with Gasteiger partial charge >= 0.3 is 0 Å². The molecule has 0 aromatic heterocycles. The number of unbranched alkanes of at least 4 members (excludes halogenated alkanes) is 1. The van der Waals surface area contributed by atoms with Crippen LogP contribution < -0.4 is 9.64 Å². The lowest BCUT2D eigenvalue weighted by Gasteiger charge is -2.32. The molecule has 1 aliphatic rings. The second-order valence-electron chi connectivity index (χ2n) is 6.35. The molecule has 4 nitrogen and oxygen atoms in total. The average Bonchev–Trinajstić information content (AvgIpc) is 3.40. The molecule has 1 aromatic rings. The fraction of sp³-hybridized carbons (Fsp3) is 0.632. The molecule has 1 aliphatic carbocycles. The van der Waals surface area contributed by atoms with E-state index < -0.39 is 6.10 Å². The van der Waals surface area contributed by atoms with Gasteiger partial charge in [-0.1, -0.05) is 13.3 Å². The van der Waals surface area contributed by atoms with Gasteiger partial charge < -0.3 is 14.4 Å². The van der Waals surface area contributed by atoms with Crippen LogP contribution in [0.3, 0.4) is 0 Å². The zero-order valence-electron chi connectivity index (χ0n) is 14.7. The van der Waals surface area contributed by atoms with Gasteiger partial charge in [0.25, 0.3) is 5.91 Å². The van der Waals surface area contributed by atoms with Crippen molar-refractivity contribution in [3.8, 4) is 5.75 Å². The highest BCUT2D eigenvalue weighted by atomic mass is 16.5. The Bertz CT molecular complexity index is 496. The maximum atomic E-state index is 12.9.